The molecule has 1 fully saturated rings. The number of aromatic nitrogens is 1. The summed E-state index contributed by atoms with van der Waals surface area (Å²) in [5.74, 6) is 0. The molecule has 2 aromatic carbocycles. The number of pyridine rings is 1. The zero-order chi connectivity index (χ0) is 18.6. The molecule has 148 valence electrons. The summed E-state index contributed by atoms with van der Waals surface area (Å²) in [5, 5.41) is 15.7. The van der Waals surface area contributed by atoms with Gasteiger partial charge in [0.05, 0.1) is 11.6 Å². The number of nitrogens with zero attached hydrogens (tertiary/aromatic N) is 2. The van der Waals surface area contributed by atoms with Gasteiger partial charge in [0.25, 0.3) is 0 Å². The zero-order valence-electron chi connectivity index (χ0n) is 15.6. The first-order valence-corrected chi connectivity index (χ1v) is 9.88. The van der Waals surface area contributed by atoms with Crippen molar-refractivity contribution in [3.8, 4) is 0 Å². The summed E-state index contributed by atoms with van der Waals surface area (Å²) in [7, 11) is 0. The van der Waals surface area contributed by atoms with Gasteiger partial charge < -0.3 is 15.3 Å². The minimum Gasteiger partial charge on any atom is -0.387 e. The number of piperidine rings is 1. The van der Waals surface area contributed by atoms with Crippen LogP contribution in [0.25, 0.3) is 10.9 Å². The SMILES string of the molecule is Cl.OC(CN1CCCCC1)c1ccc(Nc2ccnc3cc(Cl)ccc23)cc1. The normalized spacial score (nSPS) is 15.8. The van der Waals surface area contributed by atoms with Crippen LogP contribution < -0.4 is 5.32 Å². The maximum Gasteiger partial charge on any atom is 0.0916 e. The molecule has 2 heterocycles. The molecule has 1 saturated heterocycles. The number of hydrogen-bond donors (Lipinski definition) is 2. The second-order valence-corrected chi connectivity index (χ2v) is 7.58. The predicted octanol–water partition coefficient (Wildman–Crippen LogP) is 5.57. The summed E-state index contributed by atoms with van der Waals surface area (Å²) >= 11 is 6.06. The molecule has 1 aromatic heterocycles. The molecule has 0 saturated carbocycles. The number of rotatable bonds is 5. The van der Waals surface area contributed by atoms with Gasteiger partial charge >= 0.3 is 0 Å². The van der Waals surface area contributed by atoms with Gasteiger partial charge in [-0.05, 0) is 67.9 Å². The van der Waals surface area contributed by atoms with Crippen molar-refractivity contribution in [3.63, 3.8) is 0 Å². The summed E-state index contributed by atoms with van der Waals surface area (Å²) in [6.07, 6.45) is 5.11. The van der Waals surface area contributed by atoms with Crippen LogP contribution in [-0.4, -0.2) is 34.6 Å². The minimum atomic E-state index is -0.443. The Hall–Kier alpha value is -1.85. The van der Waals surface area contributed by atoms with Crippen LogP contribution in [-0.2, 0) is 0 Å². The number of aliphatic hydroxyl groups is 1. The molecule has 28 heavy (non-hydrogen) atoms. The topological polar surface area (TPSA) is 48.4 Å². The second-order valence-electron chi connectivity index (χ2n) is 7.14. The average molecular weight is 418 g/mol. The highest BCUT2D eigenvalue weighted by molar-refractivity contribution is 6.31. The number of halogens is 2. The van der Waals surface area contributed by atoms with E-state index in [1.54, 1.807) is 6.20 Å². The highest BCUT2D eigenvalue weighted by Gasteiger charge is 2.16. The lowest BCUT2D eigenvalue weighted by molar-refractivity contribution is 0.101. The second kappa shape index (κ2) is 9.57. The Kier molecular flexibility index (Phi) is 7.13. The third kappa shape index (κ3) is 4.95. The van der Waals surface area contributed by atoms with Gasteiger partial charge in [0, 0.05) is 34.5 Å². The van der Waals surface area contributed by atoms with Gasteiger partial charge in [0.2, 0.25) is 0 Å². The molecule has 0 bridgehead atoms. The van der Waals surface area contributed by atoms with Gasteiger partial charge in [0.15, 0.2) is 0 Å². The number of benzene rings is 2. The lowest BCUT2D eigenvalue weighted by Gasteiger charge is -2.28. The van der Waals surface area contributed by atoms with E-state index in [2.05, 4.69) is 15.2 Å². The largest absolute Gasteiger partial charge is 0.387 e. The molecule has 6 heteroatoms. The Morgan fingerprint density at radius 3 is 2.54 bits per heavy atom. The number of β-amino-alcohol motifs (C(OH)–C–C–N with tert-alkyl or cyclic N) is 1. The monoisotopic (exact) mass is 417 g/mol. The first-order chi connectivity index (χ1) is 13.2. The number of likely N-dealkylation sites (tertiary alicyclic amines) is 1. The lowest BCUT2D eigenvalue weighted by Crippen LogP contribution is -2.33. The zero-order valence-corrected chi connectivity index (χ0v) is 17.2. The van der Waals surface area contributed by atoms with Gasteiger partial charge in [0.1, 0.15) is 0 Å². The van der Waals surface area contributed by atoms with E-state index in [0.29, 0.717) is 11.6 Å². The van der Waals surface area contributed by atoms with Crippen molar-refractivity contribution in [2.24, 2.45) is 0 Å². The van der Waals surface area contributed by atoms with Crippen molar-refractivity contribution < 1.29 is 5.11 Å². The van der Waals surface area contributed by atoms with E-state index in [0.717, 1.165) is 40.9 Å². The Labute approximate surface area is 176 Å². The van der Waals surface area contributed by atoms with E-state index in [4.69, 9.17) is 11.6 Å². The number of anilines is 2. The summed E-state index contributed by atoms with van der Waals surface area (Å²) < 4.78 is 0. The number of hydrogen-bond acceptors (Lipinski definition) is 4. The molecule has 4 nitrogen and oxygen atoms in total. The molecule has 0 aliphatic carbocycles. The third-order valence-electron chi connectivity index (χ3n) is 5.16. The molecule has 1 aliphatic rings. The number of aliphatic hydroxyl groups excluding tert-OH is 1. The number of fused-ring (bicyclic) bond motifs is 1. The smallest absolute Gasteiger partial charge is 0.0916 e. The van der Waals surface area contributed by atoms with Crippen molar-refractivity contribution in [2.45, 2.75) is 25.4 Å². The van der Waals surface area contributed by atoms with E-state index < -0.39 is 6.10 Å². The van der Waals surface area contributed by atoms with Gasteiger partial charge in [-0.25, -0.2) is 0 Å². The van der Waals surface area contributed by atoms with E-state index >= 15 is 0 Å². The van der Waals surface area contributed by atoms with Gasteiger partial charge in [-0.3, -0.25) is 4.98 Å². The van der Waals surface area contributed by atoms with Crippen LogP contribution in [0.2, 0.25) is 5.02 Å². The molecule has 0 spiro atoms. The van der Waals surface area contributed by atoms with Crippen molar-refractivity contribution in [1.82, 2.24) is 9.88 Å². The molecule has 0 radical (unpaired) electrons. The average Bonchev–Trinajstić information content (AvgIpc) is 2.69. The quantitative estimate of drug-likeness (QED) is 0.569. The van der Waals surface area contributed by atoms with Crippen LogP contribution in [0.3, 0.4) is 0 Å². The van der Waals surface area contributed by atoms with Gasteiger partial charge in [-0.2, -0.15) is 0 Å². The predicted molar refractivity (Wildman–Crippen MR) is 119 cm³/mol. The molecule has 1 atom stereocenters. The van der Waals surface area contributed by atoms with Crippen molar-refractivity contribution in [1.29, 1.82) is 0 Å². The lowest BCUT2D eigenvalue weighted by atomic mass is 10.1. The van der Waals surface area contributed by atoms with Crippen molar-refractivity contribution in [3.05, 3.63) is 65.3 Å². The highest BCUT2D eigenvalue weighted by atomic mass is 35.5. The van der Waals surface area contributed by atoms with E-state index in [-0.39, 0.29) is 12.4 Å². The minimum absolute atomic E-state index is 0. The molecule has 4 rings (SSSR count). The molecular weight excluding hydrogens is 393 g/mol. The fraction of sp³-hybridized carbons (Fsp3) is 0.318. The Balaban J connectivity index is 0.00000225. The summed E-state index contributed by atoms with van der Waals surface area (Å²) in [6.45, 7) is 2.90. The van der Waals surface area contributed by atoms with Crippen molar-refractivity contribution in [2.75, 3.05) is 25.0 Å². The fourth-order valence-corrected chi connectivity index (χ4v) is 3.83. The Morgan fingerprint density at radius 1 is 1.04 bits per heavy atom. The molecule has 0 amide bonds. The molecular formula is C22H25Cl2N3O. The molecule has 1 aliphatic heterocycles. The standard InChI is InChI=1S/C22H24ClN3O.ClH/c23-17-6-9-19-20(10-11-24-21(19)14-17)25-18-7-4-16(5-8-18)22(27)15-26-12-2-1-3-13-26;/h4-11,14,22,27H,1-3,12-13,15H2,(H,24,25);1H. The van der Waals surface area contributed by atoms with Crippen molar-refractivity contribution >= 4 is 46.3 Å². The maximum atomic E-state index is 10.5. The Bertz CT molecular complexity index is 911. The number of nitrogens with one attached hydrogen (secondary N) is 1. The first-order valence-electron chi connectivity index (χ1n) is 9.51. The van der Waals surface area contributed by atoms with Gasteiger partial charge in [-0.15, -0.1) is 12.4 Å². The van der Waals surface area contributed by atoms with Crippen LogP contribution in [0.4, 0.5) is 11.4 Å². The van der Waals surface area contributed by atoms with Crippen LogP contribution in [0.15, 0.2) is 54.7 Å². The third-order valence-corrected chi connectivity index (χ3v) is 5.39. The maximum absolute atomic E-state index is 10.5. The summed E-state index contributed by atoms with van der Waals surface area (Å²) in [6, 6.07) is 15.7. The summed E-state index contributed by atoms with van der Waals surface area (Å²) in [4.78, 5) is 6.73. The van der Waals surface area contributed by atoms with E-state index in [1.807, 2.05) is 48.5 Å². The van der Waals surface area contributed by atoms with Crippen LogP contribution in [0.1, 0.15) is 30.9 Å². The van der Waals surface area contributed by atoms with E-state index in [9.17, 15) is 5.11 Å². The fourth-order valence-electron chi connectivity index (χ4n) is 3.67. The van der Waals surface area contributed by atoms with E-state index in [1.165, 1.54) is 19.3 Å². The first kappa shape index (κ1) is 20.9. The van der Waals surface area contributed by atoms with Crippen LogP contribution in [0.5, 0.6) is 0 Å². The van der Waals surface area contributed by atoms with Crippen LogP contribution in [0, 0.1) is 0 Å². The molecule has 2 N–H and O–H groups in total. The molecule has 1 unspecified atom stereocenters. The Morgan fingerprint density at radius 2 is 1.79 bits per heavy atom. The highest BCUT2D eigenvalue weighted by Crippen LogP contribution is 2.28. The molecule has 3 aromatic rings. The van der Waals surface area contributed by atoms with Gasteiger partial charge in [-0.1, -0.05) is 30.2 Å². The van der Waals surface area contributed by atoms with Crippen LogP contribution >= 0.6 is 24.0 Å². The summed E-state index contributed by atoms with van der Waals surface area (Å²) in [5.41, 5.74) is 3.78.